The van der Waals surface area contributed by atoms with Crippen LogP contribution >= 0.6 is 11.8 Å². The maximum Gasteiger partial charge on any atom is 0.351 e. The van der Waals surface area contributed by atoms with E-state index in [2.05, 4.69) is 75.0 Å². The SMILES string of the molecule is CC(C)(C)[Si](OCC1OC(n2ccc(NC(=O)c3ccccc3)nc2=O)C(SCC[Si](C)(C)C)C1OS(=O)[O-])(c1ccccc1)c1ccccc1. The molecule has 1 fully saturated rings. The predicted molar refractivity (Wildman–Crippen MR) is 209 cm³/mol. The smallest absolute Gasteiger partial charge is 0.351 e. The average Bonchev–Trinajstić information content (AvgIpc) is 3.40. The van der Waals surface area contributed by atoms with E-state index >= 15 is 0 Å². The molecule has 4 aromatic rings. The number of carbonyl (C=O) groups excluding carboxylic acids is 1. The number of nitrogens with zero attached hydrogens (tertiary/aromatic N) is 2. The summed E-state index contributed by atoms with van der Waals surface area (Å²) in [6.07, 6.45) is -1.20. The molecule has 3 aromatic carbocycles. The second kappa shape index (κ2) is 16.6. The highest BCUT2D eigenvalue weighted by Crippen LogP contribution is 2.42. The van der Waals surface area contributed by atoms with Gasteiger partial charge in [0.25, 0.3) is 14.2 Å². The molecule has 14 heteroatoms. The first-order chi connectivity index (χ1) is 24.2. The molecule has 1 aliphatic rings. The Balaban J connectivity index is 1.51. The molecule has 1 aromatic heterocycles. The summed E-state index contributed by atoms with van der Waals surface area (Å²) >= 11 is -1.34. The second-order valence-electron chi connectivity index (χ2n) is 14.8. The van der Waals surface area contributed by atoms with Gasteiger partial charge >= 0.3 is 5.69 Å². The molecule has 10 nitrogen and oxygen atoms in total. The maximum absolute atomic E-state index is 13.6. The van der Waals surface area contributed by atoms with Crippen molar-refractivity contribution in [2.75, 3.05) is 17.7 Å². The molecule has 5 rings (SSSR count). The monoisotopic (exact) mass is 764 g/mol. The van der Waals surface area contributed by atoms with E-state index in [4.69, 9.17) is 13.3 Å². The first-order valence-corrected chi connectivity index (χ1v) is 24.6. The number of amides is 1. The minimum absolute atomic E-state index is 0.0180. The quantitative estimate of drug-likeness (QED) is 0.129. The normalized spacial score (nSPS) is 20.2. The Bertz CT molecular complexity index is 1800. The molecule has 1 aliphatic heterocycles. The van der Waals surface area contributed by atoms with Crippen LogP contribution in [0.4, 0.5) is 5.82 Å². The van der Waals surface area contributed by atoms with Crippen LogP contribution in [0.25, 0.3) is 0 Å². The van der Waals surface area contributed by atoms with Crippen LogP contribution in [0.2, 0.25) is 30.7 Å². The summed E-state index contributed by atoms with van der Waals surface area (Å²) in [7, 11) is -4.50. The molecular weight excluding hydrogens is 719 g/mol. The van der Waals surface area contributed by atoms with Crippen LogP contribution in [0.15, 0.2) is 108 Å². The van der Waals surface area contributed by atoms with Gasteiger partial charge in [-0.3, -0.25) is 13.5 Å². The van der Waals surface area contributed by atoms with Crippen LogP contribution in [-0.2, 0) is 24.7 Å². The Labute approximate surface area is 309 Å². The van der Waals surface area contributed by atoms with Crippen LogP contribution in [-0.4, -0.2) is 70.4 Å². The molecule has 0 spiro atoms. The number of carbonyl (C=O) groups is 1. The van der Waals surface area contributed by atoms with E-state index in [-0.39, 0.29) is 17.5 Å². The van der Waals surface area contributed by atoms with Crippen molar-refractivity contribution in [2.45, 2.75) is 75.2 Å². The third kappa shape index (κ3) is 9.42. The largest absolute Gasteiger partial charge is 0.750 e. The zero-order valence-corrected chi connectivity index (χ0v) is 33.4. The second-order valence-corrected chi connectivity index (χ2v) is 26.6. The van der Waals surface area contributed by atoms with Crippen LogP contribution in [0.1, 0.15) is 37.4 Å². The van der Waals surface area contributed by atoms with Gasteiger partial charge in [0.2, 0.25) is 0 Å². The van der Waals surface area contributed by atoms with Gasteiger partial charge < -0.3 is 19.0 Å². The summed E-state index contributed by atoms with van der Waals surface area (Å²) in [4.78, 5) is 30.5. The van der Waals surface area contributed by atoms with Gasteiger partial charge in [-0.05, 0) is 45.4 Å². The number of thioether (sulfide) groups is 1. The molecule has 1 amide bonds. The van der Waals surface area contributed by atoms with Crippen LogP contribution in [0.3, 0.4) is 0 Å². The number of hydrogen-bond acceptors (Lipinski definition) is 9. The molecule has 0 bridgehead atoms. The third-order valence-corrected chi connectivity index (χ3v) is 17.7. The summed E-state index contributed by atoms with van der Waals surface area (Å²) in [5.74, 6) is 0.413. The summed E-state index contributed by atoms with van der Waals surface area (Å²) in [5, 5.41) is 3.89. The number of nitrogens with one attached hydrogen (secondary N) is 1. The molecule has 0 aliphatic carbocycles. The molecule has 272 valence electrons. The lowest BCUT2D eigenvalue weighted by Crippen LogP contribution is -2.67. The zero-order valence-electron chi connectivity index (χ0n) is 29.8. The van der Waals surface area contributed by atoms with E-state index in [0.717, 1.165) is 22.2 Å². The fourth-order valence-electron chi connectivity index (χ4n) is 6.37. The Hall–Kier alpha value is -3.22. The van der Waals surface area contributed by atoms with Gasteiger partial charge in [0.15, 0.2) is 6.23 Å². The van der Waals surface area contributed by atoms with Gasteiger partial charge in [-0.25, -0.2) is 9.00 Å². The van der Waals surface area contributed by atoms with Crippen molar-refractivity contribution >= 4 is 61.6 Å². The maximum atomic E-state index is 13.6. The van der Waals surface area contributed by atoms with E-state index < -0.39 is 63.0 Å². The van der Waals surface area contributed by atoms with Crippen molar-refractivity contribution < 1.29 is 26.9 Å². The van der Waals surface area contributed by atoms with Crippen molar-refractivity contribution in [1.82, 2.24) is 9.55 Å². The molecule has 0 saturated carbocycles. The minimum atomic E-state index is -3.03. The third-order valence-electron chi connectivity index (χ3n) is 8.90. The van der Waals surface area contributed by atoms with Crippen molar-refractivity contribution in [3.63, 3.8) is 0 Å². The van der Waals surface area contributed by atoms with Crippen molar-refractivity contribution in [3.8, 4) is 0 Å². The van der Waals surface area contributed by atoms with Gasteiger partial charge in [0, 0.05) is 19.8 Å². The predicted octanol–water partition coefficient (Wildman–Crippen LogP) is 5.59. The lowest BCUT2D eigenvalue weighted by Gasteiger charge is -2.43. The van der Waals surface area contributed by atoms with E-state index in [1.807, 2.05) is 42.5 Å². The van der Waals surface area contributed by atoms with E-state index in [1.54, 1.807) is 24.3 Å². The Morgan fingerprint density at radius 1 is 0.961 bits per heavy atom. The molecule has 5 unspecified atom stereocenters. The number of anilines is 1. The lowest BCUT2D eigenvalue weighted by molar-refractivity contribution is -0.0380. The molecule has 51 heavy (non-hydrogen) atoms. The fourth-order valence-corrected chi connectivity index (χ4v) is 15.4. The van der Waals surface area contributed by atoms with Gasteiger partial charge in [-0.15, -0.1) is 0 Å². The van der Waals surface area contributed by atoms with Crippen LogP contribution in [0.5, 0.6) is 0 Å². The number of ether oxygens (including phenoxy) is 1. The lowest BCUT2D eigenvalue weighted by atomic mass is 10.2. The van der Waals surface area contributed by atoms with Gasteiger partial charge in [0.1, 0.15) is 18.0 Å². The Kier molecular flexibility index (Phi) is 12.7. The highest BCUT2D eigenvalue weighted by atomic mass is 32.2. The summed E-state index contributed by atoms with van der Waals surface area (Å²) in [5.41, 5.74) is -0.229. The first-order valence-electron chi connectivity index (χ1n) is 16.9. The van der Waals surface area contributed by atoms with Crippen molar-refractivity contribution in [1.29, 1.82) is 0 Å². The fraction of sp³-hybridized carbons (Fsp3) is 0.378. The molecule has 1 saturated heterocycles. The van der Waals surface area contributed by atoms with Crippen molar-refractivity contribution in [3.05, 3.63) is 119 Å². The van der Waals surface area contributed by atoms with E-state index in [0.29, 0.717) is 5.56 Å². The molecule has 2 heterocycles. The summed E-state index contributed by atoms with van der Waals surface area (Å²) in [6, 6.07) is 31.4. The highest BCUT2D eigenvalue weighted by Gasteiger charge is 2.53. The van der Waals surface area contributed by atoms with Crippen LogP contribution in [0, 0.1) is 0 Å². The highest BCUT2D eigenvalue weighted by molar-refractivity contribution is 8.00. The molecule has 5 atom stereocenters. The van der Waals surface area contributed by atoms with E-state index in [9.17, 15) is 18.4 Å². The van der Waals surface area contributed by atoms with E-state index in [1.165, 1.54) is 28.6 Å². The average molecular weight is 765 g/mol. The Morgan fingerprint density at radius 3 is 2.04 bits per heavy atom. The number of rotatable bonds is 14. The molecule has 0 radical (unpaired) electrons. The minimum Gasteiger partial charge on any atom is -0.750 e. The summed E-state index contributed by atoms with van der Waals surface area (Å²) < 4.78 is 45.2. The van der Waals surface area contributed by atoms with Crippen LogP contribution < -0.4 is 21.4 Å². The standard InChI is InChI=1S/C37H47N3O7S2Si2/c1-37(2,3)51(28-18-12-8-13-19-28,29-20-14-9-15-21-29)45-26-30-32(47-49(43)44)33(48-24-25-50(4,5)6)35(46-30)40-23-22-31(39-36(40)42)38-34(41)27-16-10-7-11-17-27/h7-23,30,32-33,35H,24-26H2,1-6H3,(H,43,44)(H,38,39,41,42)/p-1. The van der Waals surface area contributed by atoms with Gasteiger partial charge in [-0.2, -0.15) is 16.7 Å². The topological polar surface area (TPSA) is 132 Å². The number of hydrogen-bond donors (Lipinski definition) is 1. The first kappa shape index (κ1) is 39.0. The van der Waals surface area contributed by atoms with Crippen molar-refractivity contribution in [2.24, 2.45) is 0 Å². The molecular formula is C37H46N3O7S2Si2-. The van der Waals surface area contributed by atoms with Gasteiger partial charge in [0.05, 0.1) is 23.2 Å². The zero-order chi connectivity index (χ0) is 36.8. The number of benzene rings is 3. The Morgan fingerprint density at radius 2 is 1.53 bits per heavy atom. The number of aromatic nitrogens is 2. The summed E-state index contributed by atoms with van der Waals surface area (Å²) in [6.45, 7) is 13.3. The molecule has 1 N–H and O–H groups in total. The van der Waals surface area contributed by atoms with Gasteiger partial charge in [-0.1, -0.05) is 119 Å².